The van der Waals surface area contributed by atoms with E-state index < -0.39 is 0 Å². The van der Waals surface area contributed by atoms with Gasteiger partial charge in [-0.15, -0.1) is 0 Å². The molecule has 3 rings (SSSR count). The molecule has 0 radical (unpaired) electrons. The molecule has 2 aromatic carbocycles. The minimum atomic E-state index is 0.279. The summed E-state index contributed by atoms with van der Waals surface area (Å²) in [5, 5.41) is 3.20. The summed E-state index contributed by atoms with van der Waals surface area (Å²) in [6, 6.07) is 13.8. The molecule has 0 saturated carbocycles. The van der Waals surface area contributed by atoms with E-state index in [1.165, 1.54) is 5.56 Å². The molecular formula is C15H13NO2S. The van der Waals surface area contributed by atoms with Crippen LogP contribution in [-0.4, -0.2) is 11.8 Å². The van der Waals surface area contributed by atoms with Gasteiger partial charge in [-0.05, 0) is 19.1 Å². The van der Waals surface area contributed by atoms with Gasteiger partial charge in [0.15, 0.2) is 11.5 Å². The highest BCUT2D eigenvalue weighted by Crippen LogP contribution is 2.34. The molecule has 3 nitrogen and oxygen atoms in total. The van der Waals surface area contributed by atoms with E-state index in [4.69, 9.17) is 21.7 Å². The van der Waals surface area contributed by atoms with Crippen molar-refractivity contribution in [3.8, 4) is 11.5 Å². The minimum Gasteiger partial charge on any atom is -0.454 e. The van der Waals surface area contributed by atoms with Crippen LogP contribution in [0.5, 0.6) is 11.5 Å². The lowest BCUT2D eigenvalue weighted by Gasteiger charge is -2.09. The highest BCUT2D eigenvalue weighted by Gasteiger charge is 2.13. The van der Waals surface area contributed by atoms with Crippen LogP contribution in [0.4, 0.5) is 5.69 Å². The summed E-state index contributed by atoms with van der Waals surface area (Å²) < 4.78 is 10.6. The van der Waals surface area contributed by atoms with Crippen LogP contribution in [0.15, 0.2) is 42.5 Å². The Kier molecular flexibility index (Phi) is 3.09. The van der Waals surface area contributed by atoms with Crippen molar-refractivity contribution in [1.82, 2.24) is 0 Å². The molecule has 96 valence electrons. The van der Waals surface area contributed by atoms with Crippen molar-refractivity contribution in [2.24, 2.45) is 0 Å². The van der Waals surface area contributed by atoms with Crippen LogP contribution in [0.1, 0.15) is 11.1 Å². The maximum absolute atomic E-state index is 5.39. The van der Waals surface area contributed by atoms with Gasteiger partial charge in [0, 0.05) is 17.3 Å². The van der Waals surface area contributed by atoms with Crippen molar-refractivity contribution in [2.45, 2.75) is 6.92 Å². The molecule has 0 fully saturated rings. The SMILES string of the molecule is Cc1ccc(C(=S)Nc2ccc3c(c2)OCO3)cc1. The Bertz CT molecular complexity index is 623. The van der Waals surface area contributed by atoms with E-state index in [9.17, 15) is 0 Å². The predicted octanol–water partition coefficient (Wildman–Crippen LogP) is 3.51. The number of nitrogens with one attached hydrogen (secondary N) is 1. The second kappa shape index (κ2) is 4.90. The number of thiocarbonyl (C=S) groups is 1. The number of hydrogen-bond acceptors (Lipinski definition) is 3. The number of ether oxygens (including phenoxy) is 2. The highest BCUT2D eigenvalue weighted by atomic mass is 32.1. The van der Waals surface area contributed by atoms with Crippen molar-refractivity contribution in [3.63, 3.8) is 0 Å². The van der Waals surface area contributed by atoms with Crippen molar-refractivity contribution in [3.05, 3.63) is 53.6 Å². The first-order chi connectivity index (χ1) is 9.22. The fourth-order valence-electron chi connectivity index (χ4n) is 1.88. The van der Waals surface area contributed by atoms with Crippen LogP contribution in [0.25, 0.3) is 0 Å². The maximum Gasteiger partial charge on any atom is 0.231 e. The molecule has 1 N–H and O–H groups in total. The zero-order valence-electron chi connectivity index (χ0n) is 10.5. The third kappa shape index (κ3) is 2.53. The van der Waals surface area contributed by atoms with Gasteiger partial charge in [0.25, 0.3) is 0 Å². The maximum atomic E-state index is 5.39. The Morgan fingerprint density at radius 3 is 2.58 bits per heavy atom. The van der Waals surface area contributed by atoms with Crippen molar-refractivity contribution >= 4 is 22.9 Å². The molecule has 1 aliphatic heterocycles. The van der Waals surface area contributed by atoms with E-state index >= 15 is 0 Å². The third-order valence-corrected chi connectivity index (χ3v) is 3.28. The lowest BCUT2D eigenvalue weighted by Crippen LogP contribution is -2.10. The third-order valence-electron chi connectivity index (χ3n) is 2.94. The second-order valence-electron chi connectivity index (χ2n) is 4.39. The zero-order valence-corrected chi connectivity index (χ0v) is 11.3. The molecule has 0 atom stereocenters. The molecule has 19 heavy (non-hydrogen) atoms. The minimum absolute atomic E-state index is 0.279. The summed E-state index contributed by atoms with van der Waals surface area (Å²) in [6.45, 7) is 2.33. The van der Waals surface area contributed by atoms with Crippen LogP contribution in [0, 0.1) is 6.92 Å². The van der Waals surface area contributed by atoms with Gasteiger partial charge in [0.1, 0.15) is 4.99 Å². The van der Waals surface area contributed by atoms with Gasteiger partial charge in [0.05, 0.1) is 0 Å². The van der Waals surface area contributed by atoms with Crippen LogP contribution in [0.3, 0.4) is 0 Å². The fraction of sp³-hybridized carbons (Fsp3) is 0.133. The van der Waals surface area contributed by atoms with Crippen molar-refractivity contribution in [1.29, 1.82) is 0 Å². The second-order valence-corrected chi connectivity index (χ2v) is 4.80. The van der Waals surface area contributed by atoms with E-state index in [1.54, 1.807) is 0 Å². The number of aryl methyl sites for hydroxylation is 1. The molecule has 0 bridgehead atoms. The Morgan fingerprint density at radius 2 is 1.79 bits per heavy atom. The number of hydrogen-bond donors (Lipinski definition) is 1. The van der Waals surface area contributed by atoms with E-state index in [0.29, 0.717) is 4.99 Å². The molecule has 0 spiro atoms. The van der Waals surface area contributed by atoms with Gasteiger partial charge in [-0.3, -0.25) is 0 Å². The van der Waals surface area contributed by atoms with Crippen LogP contribution in [0.2, 0.25) is 0 Å². The first-order valence-electron chi connectivity index (χ1n) is 6.00. The van der Waals surface area contributed by atoms with Crippen molar-refractivity contribution in [2.75, 3.05) is 12.1 Å². The molecule has 0 aromatic heterocycles. The summed E-state index contributed by atoms with van der Waals surface area (Å²) in [6.07, 6.45) is 0. The largest absolute Gasteiger partial charge is 0.454 e. The Balaban J connectivity index is 1.77. The van der Waals surface area contributed by atoms with Gasteiger partial charge >= 0.3 is 0 Å². The van der Waals surface area contributed by atoms with Gasteiger partial charge in [-0.1, -0.05) is 42.0 Å². The predicted molar refractivity (Wildman–Crippen MR) is 79.1 cm³/mol. The molecule has 0 saturated heterocycles. The van der Waals surface area contributed by atoms with Gasteiger partial charge in [-0.25, -0.2) is 0 Å². The number of anilines is 1. The Labute approximate surface area is 117 Å². The summed E-state index contributed by atoms with van der Waals surface area (Å²) in [5.74, 6) is 1.52. The number of benzene rings is 2. The normalized spacial score (nSPS) is 12.3. The monoisotopic (exact) mass is 271 g/mol. The average Bonchev–Trinajstić information content (AvgIpc) is 2.87. The summed E-state index contributed by atoms with van der Waals surface area (Å²) in [7, 11) is 0. The number of fused-ring (bicyclic) bond motifs is 1. The first-order valence-corrected chi connectivity index (χ1v) is 6.41. The summed E-state index contributed by atoms with van der Waals surface area (Å²) in [4.78, 5) is 0.693. The molecular weight excluding hydrogens is 258 g/mol. The Hall–Kier alpha value is -2.07. The first kappa shape index (κ1) is 12.0. The standard InChI is InChI=1S/C15H13NO2S/c1-10-2-4-11(5-3-10)15(19)16-12-6-7-13-14(8-12)18-9-17-13/h2-8H,9H2,1H3,(H,16,19). The van der Waals surface area contributed by atoms with Gasteiger partial charge in [0.2, 0.25) is 6.79 Å². The van der Waals surface area contributed by atoms with E-state index in [2.05, 4.69) is 12.2 Å². The average molecular weight is 271 g/mol. The number of rotatable bonds is 2. The van der Waals surface area contributed by atoms with E-state index in [-0.39, 0.29) is 6.79 Å². The van der Waals surface area contributed by atoms with Crippen LogP contribution >= 0.6 is 12.2 Å². The zero-order chi connectivity index (χ0) is 13.2. The molecule has 0 aliphatic carbocycles. The highest BCUT2D eigenvalue weighted by molar-refractivity contribution is 7.81. The summed E-state index contributed by atoms with van der Waals surface area (Å²) in [5.41, 5.74) is 3.11. The van der Waals surface area contributed by atoms with Crippen LogP contribution in [-0.2, 0) is 0 Å². The lowest BCUT2D eigenvalue weighted by atomic mass is 10.1. The van der Waals surface area contributed by atoms with Crippen LogP contribution < -0.4 is 14.8 Å². The quantitative estimate of drug-likeness (QED) is 0.847. The smallest absolute Gasteiger partial charge is 0.231 e. The summed E-state index contributed by atoms with van der Waals surface area (Å²) >= 11 is 5.39. The Morgan fingerprint density at radius 1 is 1.05 bits per heavy atom. The van der Waals surface area contributed by atoms with Crippen molar-refractivity contribution < 1.29 is 9.47 Å². The molecule has 0 amide bonds. The molecule has 4 heteroatoms. The fourth-order valence-corrected chi connectivity index (χ4v) is 2.14. The topological polar surface area (TPSA) is 30.5 Å². The molecule has 2 aromatic rings. The van der Waals surface area contributed by atoms with E-state index in [0.717, 1.165) is 22.7 Å². The lowest BCUT2D eigenvalue weighted by molar-refractivity contribution is 0.174. The van der Waals surface area contributed by atoms with Gasteiger partial charge in [-0.2, -0.15) is 0 Å². The molecule has 1 heterocycles. The molecule has 1 aliphatic rings. The van der Waals surface area contributed by atoms with Gasteiger partial charge < -0.3 is 14.8 Å². The van der Waals surface area contributed by atoms with E-state index in [1.807, 2.05) is 42.5 Å². The molecule has 0 unspecified atom stereocenters.